The summed E-state index contributed by atoms with van der Waals surface area (Å²) in [6.45, 7) is 0.318. The Bertz CT molecular complexity index is 1000. The molecule has 24 heavy (non-hydrogen) atoms. The Hall–Kier alpha value is -2.32. The Balaban J connectivity index is 1.71. The number of fused-ring (bicyclic) bond motifs is 1. The number of aromatic nitrogens is 2. The molecule has 3 aromatic rings. The van der Waals surface area contributed by atoms with Crippen molar-refractivity contribution in [1.29, 1.82) is 0 Å². The van der Waals surface area contributed by atoms with E-state index in [0.717, 1.165) is 9.46 Å². The predicted molar refractivity (Wildman–Crippen MR) is 97.3 cm³/mol. The number of rotatable bonds is 5. The smallest absolute Gasteiger partial charge is 0.328 e. The molecule has 0 aliphatic carbocycles. The summed E-state index contributed by atoms with van der Waals surface area (Å²) in [5.74, 6) is -0.229. The molecule has 124 valence electrons. The fraction of sp³-hybridized carbons (Fsp3) is 0.188. The van der Waals surface area contributed by atoms with Crippen molar-refractivity contribution >= 4 is 39.2 Å². The lowest BCUT2D eigenvalue weighted by molar-refractivity contribution is 0.0952. The Morgan fingerprint density at radius 1 is 1.33 bits per heavy atom. The molecule has 2 N–H and O–H groups in total. The van der Waals surface area contributed by atoms with Gasteiger partial charge in [0.1, 0.15) is 4.70 Å². The summed E-state index contributed by atoms with van der Waals surface area (Å²) in [5, 5.41) is 4.49. The maximum atomic E-state index is 12.3. The quantitative estimate of drug-likeness (QED) is 0.680. The van der Waals surface area contributed by atoms with Crippen molar-refractivity contribution < 1.29 is 4.79 Å². The van der Waals surface area contributed by atoms with Crippen LogP contribution in [0.3, 0.4) is 0 Å². The van der Waals surface area contributed by atoms with Crippen LogP contribution in [-0.2, 0) is 6.54 Å². The monoisotopic (exact) mass is 361 g/mol. The molecule has 0 fully saturated rings. The van der Waals surface area contributed by atoms with Gasteiger partial charge in [-0.05, 0) is 35.9 Å². The number of nitrogens with zero attached hydrogens (tertiary/aromatic N) is 1. The molecule has 2 aromatic heterocycles. The molecule has 1 amide bonds. The maximum absolute atomic E-state index is 12.3. The molecule has 2 heterocycles. The van der Waals surface area contributed by atoms with Crippen LogP contribution in [0.5, 0.6) is 0 Å². The van der Waals surface area contributed by atoms with Gasteiger partial charge in [0.25, 0.3) is 11.5 Å². The number of nitrogens with one attached hydrogen (secondary N) is 2. The van der Waals surface area contributed by atoms with E-state index < -0.39 is 5.69 Å². The molecule has 3 rings (SSSR count). The minimum absolute atomic E-state index is 0.121. The average molecular weight is 361 g/mol. The van der Waals surface area contributed by atoms with E-state index in [-0.39, 0.29) is 24.6 Å². The largest absolute Gasteiger partial charge is 0.350 e. The summed E-state index contributed by atoms with van der Waals surface area (Å²) in [6, 6.07) is 8.98. The summed E-state index contributed by atoms with van der Waals surface area (Å²) in [6.07, 6.45) is 1.94. The van der Waals surface area contributed by atoms with E-state index in [2.05, 4.69) is 10.3 Å². The third-order valence-corrected chi connectivity index (χ3v) is 5.17. The second kappa shape index (κ2) is 7.06. The first kappa shape index (κ1) is 16.5. The van der Waals surface area contributed by atoms with Crippen molar-refractivity contribution in [2.24, 2.45) is 0 Å². The van der Waals surface area contributed by atoms with Gasteiger partial charge in [-0.25, -0.2) is 4.79 Å². The zero-order chi connectivity index (χ0) is 17.1. The Morgan fingerprint density at radius 2 is 2.17 bits per heavy atom. The van der Waals surface area contributed by atoms with Crippen LogP contribution in [-0.4, -0.2) is 28.3 Å². The lowest BCUT2D eigenvalue weighted by Crippen LogP contribution is -2.38. The molecule has 0 saturated heterocycles. The first-order chi connectivity index (χ1) is 11.6. The first-order valence-electron chi connectivity index (χ1n) is 7.22. The van der Waals surface area contributed by atoms with Crippen LogP contribution in [0.2, 0.25) is 0 Å². The standard InChI is InChI=1S/C16H15N3O3S2/c1-23-11-4-2-3-10(9-11)14(20)17-6-7-19-15(21)13-12(5-8-24-13)18-16(19)22/h2-5,8-9H,6-7H2,1H3,(H,17,20)(H,18,22). The fourth-order valence-corrected chi connectivity index (χ4v) is 3.58. The molecule has 0 bridgehead atoms. The number of H-pyrrole nitrogens is 1. The number of amides is 1. The number of thiophene rings is 1. The van der Waals surface area contributed by atoms with E-state index in [1.165, 1.54) is 11.3 Å². The first-order valence-corrected chi connectivity index (χ1v) is 9.33. The van der Waals surface area contributed by atoms with Crippen LogP contribution in [0.4, 0.5) is 0 Å². The van der Waals surface area contributed by atoms with Crippen LogP contribution in [0.15, 0.2) is 50.2 Å². The maximum Gasteiger partial charge on any atom is 0.328 e. The second-order valence-electron chi connectivity index (χ2n) is 5.04. The minimum atomic E-state index is -0.468. The molecule has 0 aliphatic heterocycles. The number of carbonyl (C=O) groups is 1. The Kier molecular flexibility index (Phi) is 4.86. The molecule has 0 atom stereocenters. The number of thioether (sulfide) groups is 1. The topological polar surface area (TPSA) is 84.0 Å². The molecule has 0 radical (unpaired) electrons. The molecule has 8 heteroatoms. The highest BCUT2D eigenvalue weighted by molar-refractivity contribution is 7.98. The van der Waals surface area contributed by atoms with Crippen LogP contribution in [0.25, 0.3) is 10.2 Å². The van der Waals surface area contributed by atoms with Crippen LogP contribution in [0.1, 0.15) is 10.4 Å². The van der Waals surface area contributed by atoms with Crippen molar-refractivity contribution in [2.75, 3.05) is 12.8 Å². The normalized spacial score (nSPS) is 10.9. The zero-order valence-corrected chi connectivity index (χ0v) is 14.5. The zero-order valence-electron chi connectivity index (χ0n) is 12.9. The van der Waals surface area contributed by atoms with Gasteiger partial charge in [0.2, 0.25) is 0 Å². The molecule has 0 spiro atoms. The molecule has 6 nitrogen and oxygen atoms in total. The number of aromatic amines is 1. The summed E-state index contributed by atoms with van der Waals surface area (Å²) < 4.78 is 1.62. The number of hydrogen-bond acceptors (Lipinski definition) is 5. The number of hydrogen-bond donors (Lipinski definition) is 2. The predicted octanol–water partition coefficient (Wildman–Crippen LogP) is 1.90. The number of carbonyl (C=O) groups excluding carboxylic acids is 1. The van der Waals surface area contributed by atoms with E-state index in [0.29, 0.717) is 15.8 Å². The van der Waals surface area contributed by atoms with Gasteiger partial charge in [-0.1, -0.05) is 6.07 Å². The Labute approximate surface area is 145 Å². The van der Waals surface area contributed by atoms with E-state index in [1.54, 1.807) is 35.3 Å². The van der Waals surface area contributed by atoms with E-state index in [4.69, 9.17) is 0 Å². The summed E-state index contributed by atoms with van der Waals surface area (Å²) >= 11 is 2.84. The summed E-state index contributed by atoms with van der Waals surface area (Å²) in [5.41, 5.74) is 0.299. The second-order valence-corrected chi connectivity index (χ2v) is 6.83. The van der Waals surface area contributed by atoms with Crippen molar-refractivity contribution in [3.63, 3.8) is 0 Å². The van der Waals surface area contributed by atoms with E-state index >= 15 is 0 Å². The van der Waals surface area contributed by atoms with E-state index in [9.17, 15) is 14.4 Å². The highest BCUT2D eigenvalue weighted by Crippen LogP contribution is 2.15. The van der Waals surface area contributed by atoms with Crippen LogP contribution in [0, 0.1) is 0 Å². The third kappa shape index (κ3) is 3.29. The van der Waals surface area contributed by atoms with Gasteiger partial charge in [0.15, 0.2) is 0 Å². The SMILES string of the molecule is CSc1cccc(C(=O)NCCn2c(=O)[nH]c3ccsc3c2=O)c1. The van der Waals surface area contributed by atoms with Crippen LogP contribution < -0.4 is 16.6 Å². The highest BCUT2D eigenvalue weighted by atomic mass is 32.2. The molecule has 0 aliphatic rings. The van der Waals surface area contributed by atoms with Crippen molar-refractivity contribution in [1.82, 2.24) is 14.9 Å². The van der Waals surface area contributed by atoms with Gasteiger partial charge in [-0.15, -0.1) is 23.1 Å². The van der Waals surface area contributed by atoms with Crippen LogP contribution >= 0.6 is 23.1 Å². The summed E-state index contributed by atoms with van der Waals surface area (Å²) in [7, 11) is 0. The lowest BCUT2D eigenvalue weighted by Gasteiger charge is -2.08. The third-order valence-electron chi connectivity index (χ3n) is 3.54. The van der Waals surface area contributed by atoms with Crippen molar-refractivity contribution in [2.45, 2.75) is 11.4 Å². The minimum Gasteiger partial charge on any atom is -0.350 e. The van der Waals surface area contributed by atoms with Gasteiger partial charge >= 0.3 is 5.69 Å². The molecule has 0 saturated carbocycles. The fourth-order valence-electron chi connectivity index (χ4n) is 2.32. The highest BCUT2D eigenvalue weighted by Gasteiger charge is 2.10. The lowest BCUT2D eigenvalue weighted by atomic mass is 10.2. The van der Waals surface area contributed by atoms with Gasteiger partial charge in [0.05, 0.1) is 5.52 Å². The summed E-state index contributed by atoms with van der Waals surface area (Å²) in [4.78, 5) is 40.1. The Morgan fingerprint density at radius 3 is 2.96 bits per heavy atom. The molecular formula is C16H15N3O3S2. The van der Waals surface area contributed by atoms with Gasteiger partial charge < -0.3 is 10.3 Å². The van der Waals surface area contributed by atoms with Crippen molar-refractivity contribution in [3.8, 4) is 0 Å². The van der Waals surface area contributed by atoms with Crippen molar-refractivity contribution in [3.05, 3.63) is 62.1 Å². The van der Waals surface area contributed by atoms with E-state index in [1.807, 2.05) is 18.4 Å². The van der Waals surface area contributed by atoms with Gasteiger partial charge in [-0.2, -0.15) is 0 Å². The van der Waals surface area contributed by atoms with Gasteiger partial charge in [-0.3, -0.25) is 14.2 Å². The average Bonchev–Trinajstić information content (AvgIpc) is 3.06. The van der Waals surface area contributed by atoms with Gasteiger partial charge in [0, 0.05) is 23.5 Å². The molecule has 1 aromatic carbocycles. The number of benzene rings is 1. The molecule has 0 unspecified atom stereocenters. The molecular weight excluding hydrogens is 346 g/mol.